The van der Waals surface area contributed by atoms with Crippen LogP contribution in [0.5, 0.6) is 0 Å². The van der Waals surface area contributed by atoms with Crippen LogP contribution in [0.2, 0.25) is 0 Å². The van der Waals surface area contributed by atoms with Crippen molar-refractivity contribution in [1.29, 1.82) is 0 Å². The molecule has 0 heterocycles. The van der Waals surface area contributed by atoms with Crippen molar-refractivity contribution >= 4 is 9.84 Å². The molecule has 0 radical (unpaired) electrons. The monoisotopic (exact) mass is 258 g/mol. The Labute approximate surface area is 101 Å². The van der Waals surface area contributed by atoms with Gasteiger partial charge in [0.2, 0.25) is 0 Å². The van der Waals surface area contributed by atoms with E-state index in [1.807, 2.05) is 0 Å². The first-order valence-corrected chi connectivity index (χ1v) is 7.19. The van der Waals surface area contributed by atoms with E-state index < -0.39 is 22.0 Å². The Hall–Kier alpha value is -0.950. The van der Waals surface area contributed by atoms with E-state index in [2.05, 4.69) is 0 Å². The second-order valence-corrected chi connectivity index (χ2v) is 6.04. The van der Waals surface area contributed by atoms with Crippen LogP contribution >= 0.6 is 0 Å². The first kappa shape index (κ1) is 14.1. The van der Waals surface area contributed by atoms with Crippen molar-refractivity contribution in [2.75, 3.05) is 12.8 Å². The molecule has 0 aliphatic carbocycles. The predicted octanol–water partition coefficient (Wildman–Crippen LogP) is -0.200. The molecule has 17 heavy (non-hydrogen) atoms. The van der Waals surface area contributed by atoms with Gasteiger partial charge in [-0.2, -0.15) is 0 Å². The number of rotatable bonds is 5. The topological polar surface area (TPSA) is 106 Å². The van der Waals surface area contributed by atoms with E-state index in [0.717, 1.165) is 6.26 Å². The van der Waals surface area contributed by atoms with E-state index >= 15 is 0 Å². The Morgan fingerprint density at radius 2 is 1.82 bits per heavy atom. The first-order valence-electron chi connectivity index (χ1n) is 5.30. The molecule has 6 heteroatoms. The van der Waals surface area contributed by atoms with Gasteiger partial charge >= 0.3 is 0 Å². The van der Waals surface area contributed by atoms with Crippen LogP contribution < -0.4 is 11.5 Å². The summed E-state index contributed by atoms with van der Waals surface area (Å²) < 4.78 is 22.5. The first-order chi connectivity index (χ1) is 7.86. The van der Waals surface area contributed by atoms with Crippen LogP contribution in [0.4, 0.5) is 0 Å². The molecule has 5 N–H and O–H groups in total. The van der Waals surface area contributed by atoms with Crippen molar-refractivity contribution in [1.82, 2.24) is 0 Å². The molecule has 0 aromatic heterocycles. The zero-order chi connectivity index (χ0) is 13.1. The van der Waals surface area contributed by atoms with E-state index in [1.165, 1.54) is 12.1 Å². The molecule has 0 bridgehead atoms. The standard InChI is InChI=1S/C11H18N2O3S/c1-17(15,16)9-4-2-8(3-5-9)11(14)10(13)6-7-12/h2-5,10-11,14H,6-7,12-13H2,1H3. The van der Waals surface area contributed by atoms with E-state index in [9.17, 15) is 13.5 Å². The van der Waals surface area contributed by atoms with Crippen LogP contribution in [0.25, 0.3) is 0 Å². The summed E-state index contributed by atoms with van der Waals surface area (Å²) in [5, 5.41) is 9.88. The molecule has 0 amide bonds. The van der Waals surface area contributed by atoms with Gasteiger partial charge in [0, 0.05) is 12.3 Å². The van der Waals surface area contributed by atoms with Crippen LogP contribution in [-0.4, -0.2) is 32.4 Å². The largest absolute Gasteiger partial charge is 0.387 e. The minimum Gasteiger partial charge on any atom is -0.387 e. The van der Waals surface area contributed by atoms with Crippen LogP contribution in [0.15, 0.2) is 29.2 Å². The van der Waals surface area contributed by atoms with Crippen LogP contribution in [0.1, 0.15) is 18.1 Å². The van der Waals surface area contributed by atoms with Gasteiger partial charge in [0.25, 0.3) is 0 Å². The fraction of sp³-hybridized carbons (Fsp3) is 0.455. The Balaban J connectivity index is 2.88. The molecule has 2 unspecified atom stereocenters. The number of hydrogen-bond acceptors (Lipinski definition) is 5. The Morgan fingerprint density at radius 3 is 2.24 bits per heavy atom. The zero-order valence-electron chi connectivity index (χ0n) is 9.70. The summed E-state index contributed by atoms with van der Waals surface area (Å²) in [5.74, 6) is 0. The van der Waals surface area contributed by atoms with Crippen molar-refractivity contribution in [3.8, 4) is 0 Å². The summed E-state index contributed by atoms with van der Waals surface area (Å²) >= 11 is 0. The lowest BCUT2D eigenvalue weighted by Crippen LogP contribution is -2.30. The van der Waals surface area contributed by atoms with Gasteiger partial charge in [-0.05, 0) is 30.7 Å². The van der Waals surface area contributed by atoms with Crippen LogP contribution in [0, 0.1) is 0 Å². The maximum absolute atomic E-state index is 11.2. The number of benzene rings is 1. The molecule has 96 valence electrons. The van der Waals surface area contributed by atoms with Crippen molar-refractivity contribution < 1.29 is 13.5 Å². The SMILES string of the molecule is CS(=O)(=O)c1ccc(C(O)C(N)CCN)cc1. The average Bonchev–Trinajstić information content (AvgIpc) is 2.27. The summed E-state index contributed by atoms with van der Waals surface area (Å²) in [6.07, 6.45) is 0.820. The molecule has 1 rings (SSSR count). The second kappa shape index (κ2) is 5.59. The van der Waals surface area contributed by atoms with Gasteiger partial charge in [-0.1, -0.05) is 12.1 Å². The zero-order valence-corrected chi connectivity index (χ0v) is 10.5. The van der Waals surface area contributed by atoms with E-state index in [-0.39, 0.29) is 4.90 Å². The Bertz CT molecular complexity index is 456. The fourth-order valence-corrected chi connectivity index (χ4v) is 2.14. The number of nitrogens with two attached hydrogens (primary N) is 2. The summed E-state index contributed by atoms with van der Waals surface area (Å²) in [7, 11) is -3.21. The smallest absolute Gasteiger partial charge is 0.175 e. The Morgan fingerprint density at radius 1 is 1.29 bits per heavy atom. The second-order valence-electron chi connectivity index (χ2n) is 4.03. The molecular weight excluding hydrogens is 240 g/mol. The number of sulfone groups is 1. The number of hydrogen-bond donors (Lipinski definition) is 3. The number of aliphatic hydroxyl groups is 1. The summed E-state index contributed by atoms with van der Waals surface area (Å²) in [4.78, 5) is 0.223. The lowest BCUT2D eigenvalue weighted by molar-refractivity contribution is 0.143. The Kier molecular flexibility index (Phi) is 4.64. The number of aliphatic hydroxyl groups excluding tert-OH is 1. The third kappa shape index (κ3) is 3.78. The molecule has 5 nitrogen and oxygen atoms in total. The predicted molar refractivity (Wildman–Crippen MR) is 66.2 cm³/mol. The van der Waals surface area contributed by atoms with Crippen molar-refractivity contribution in [3.05, 3.63) is 29.8 Å². The van der Waals surface area contributed by atoms with Gasteiger partial charge < -0.3 is 16.6 Å². The summed E-state index contributed by atoms with van der Waals surface area (Å²) in [6.45, 7) is 0.402. The molecule has 0 saturated carbocycles. The van der Waals surface area contributed by atoms with Gasteiger partial charge in [-0.3, -0.25) is 0 Å². The molecule has 1 aromatic rings. The minimum atomic E-state index is -3.21. The van der Waals surface area contributed by atoms with E-state index in [1.54, 1.807) is 12.1 Å². The van der Waals surface area contributed by atoms with Crippen molar-refractivity contribution in [2.24, 2.45) is 11.5 Å². The third-order valence-electron chi connectivity index (χ3n) is 2.56. The molecule has 0 spiro atoms. The molecule has 0 aliphatic rings. The maximum atomic E-state index is 11.2. The molecule has 0 fully saturated rings. The minimum absolute atomic E-state index is 0.223. The van der Waals surface area contributed by atoms with Crippen LogP contribution in [0.3, 0.4) is 0 Å². The molecule has 1 aromatic carbocycles. The van der Waals surface area contributed by atoms with Gasteiger partial charge in [0.1, 0.15) is 0 Å². The van der Waals surface area contributed by atoms with Gasteiger partial charge in [0.05, 0.1) is 11.0 Å². The van der Waals surface area contributed by atoms with E-state index in [4.69, 9.17) is 11.5 Å². The molecule has 0 saturated heterocycles. The highest BCUT2D eigenvalue weighted by atomic mass is 32.2. The van der Waals surface area contributed by atoms with Crippen molar-refractivity contribution in [3.63, 3.8) is 0 Å². The molecular formula is C11H18N2O3S. The normalized spacial score (nSPS) is 15.5. The quantitative estimate of drug-likeness (QED) is 0.678. The molecule has 2 atom stereocenters. The highest BCUT2D eigenvalue weighted by Gasteiger charge is 2.16. The third-order valence-corrected chi connectivity index (χ3v) is 3.68. The lowest BCUT2D eigenvalue weighted by atomic mass is 10.0. The fourth-order valence-electron chi connectivity index (χ4n) is 1.51. The summed E-state index contributed by atoms with van der Waals surface area (Å²) in [5.41, 5.74) is 11.7. The highest BCUT2D eigenvalue weighted by Crippen LogP contribution is 2.19. The summed E-state index contributed by atoms with van der Waals surface area (Å²) in [6, 6.07) is 5.62. The lowest BCUT2D eigenvalue weighted by Gasteiger charge is -2.18. The molecule has 0 aliphatic heterocycles. The van der Waals surface area contributed by atoms with Gasteiger partial charge in [0.15, 0.2) is 9.84 Å². The average molecular weight is 258 g/mol. The van der Waals surface area contributed by atoms with Gasteiger partial charge in [-0.25, -0.2) is 8.42 Å². The maximum Gasteiger partial charge on any atom is 0.175 e. The van der Waals surface area contributed by atoms with Gasteiger partial charge in [-0.15, -0.1) is 0 Å². The van der Waals surface area contributed by atoms with Crippen LogP contribution in [-0.2, 0) is 9.84 Å². The van der Waals surface area contributed by atoms with Crippen molar-refractivity contribution in [2.45, 2.75) is 23.5 Å². The van der Waals surface area contributed by atoms with E-state index in [0.29, 0.717) is 18.5 Å². The highest BCUT2D eigenvalue weighted by molar-refractivity contribution is 7.90.